The Kier molecular flexibility index (Phi) is 7.23. The lowest BCUT2D eigenvalue weighted by atomic mass is 10.1. The van der Waals surface area contributed by atoms with Gasteiger partial charge in [0.25, 0.3) is 5.91 Å². The molecule has 3 aromatic carbocycles. The first kappa shape index (κ1) is 20.4. The molecule has 0 N–H and O–H groups in total. The van der Waals surface area contributed by atoms with Crippen molar-refractivity contribution < 1.29 is 9.53 Å². The molecule has 29 heavy (non-hydrogen) atoms. The van der Waals surface area contributed by atoms with Crippen molar-refractivity contribution in [2.45, 2.75) is 20.5 Å². The fourth-order valence-electron chi connectivity index (χ4n) is 3.12. The number of ether oxygens (including phenoxy) is 1. The van der Waals surface area contributed by atoms with E-state index >= 15 is 0 Å². The Balaban J connectivity index is 1.89. The van der Waals surface area contributed by atoms with Crippen LogP contribution in [0.15, 0.2) is 78.9 Å². The second kappa shape index (κ2) is 10.3. The number of hydrogen-bond acceptors (Lipinski definition) is 2. The van der Waals surface area contributed by atoms with Gasteiger partial charge in [0.05, 0.1) is 0 Å². The molecule has 0 spiro atoms. The summed E-state index contributed by atoms with van der Waals surface area (Å²) in [6.45, 7) is 5.85. The van der Waals surface area contributed by atoms with Crippen molar-refractivity contribution in [1.29, 1.82) is 0 Å². The molecule has 3 rings (SSSR count). The molecule has 0 heterocycles. The highest BCUT2D eigenvalue weighted by molar-refractivity contribution is 5.95. The third kappa shape index (κ3) is 5.58. The van der Waals surface area contributed by atoms with Crippen LogP contribution in [-0.2, 0) is 6.61 Å². The smallest absolute Gasteiger partial charge is 0.253 e. The van der Waals surface area contributed by atoms with Gasteiger partial charge >= 0.3 is 0 Å². The van der Waals surface area contributed by atoms with Gasteiger partial charge in [0, 0.05) is 24.2 Å². The first-order chi connectivity index (χ1) is 14.2. The Morgan fingerprint density at radius 1 is 0.862 bits per heavy atom. The molecule has 3 nitrogen and oxygen atoms in total. The van der Waals surface area contributed by atoms with Crippen LogP contribution in [-0.4, -0.2) is 23.9 Å². The van der Waals surface area contributed by atoms with Crippen LogP contribution in [0.25, 0.3) is 12.2 Å². The summed E-state index contributed by atoms with van der Waals surface area (Å²) in [5.41, 5.74) is 3.77. The standard InChI is InChI=1S/C26H27NO2/c1-3-27(4-2)26(28)24-17-18-25(29-20-22-13-9-6-10-14-22)23(19-24)16-15-21-11-7-5-8-12-21/h5-19H,3-4,20H2,1-2H3. The molecule has 0 atom stereocenters. The maximum Gasteiger partial charge on any atom is 0.253 e. The van der Waals surface area contributed by atoms with E-state index in [1.165, 1.54) is 0 Å². The van der Waals surface area contributed by atoms with E-state index in [-0.39, 0.29) is 5.91 Å². The van der Waals surface area contributed by atoms with E-state index in [1.54, 1.807) is 0 Å². The Morgan fingerprint density at radius 3 is 2.17 bits per heavy atom. The highest BCUT2D eigenvalue weighted by atomic mass is 16.5. The van der Waals surface area contributed by atoms with Gasteiger partial charge in [-0.2, -0.15) is 0 Å². The van der Waals surface area contributed by atoms with E-state index in [9.17, 15) is 4.79 Å². The van der Waals surface area contributed by atoms with E-state index in [1.807, 2.05) is 110 Å². The quantitative estimate of drug-likeness (QED) is 0.451. The third-order valence-corrected chi connectivity index (χ3v) is 4.80. The van der Waals surface area contributed by atoms with Crippen LogP contribution in [0.2, 0.25) is 0 Å². The molecule has 0 aliphatic heterocycles. The van der Waals surface area contributed by atoms with Crippen LogP contribution < -0.4 is 4.74 Å². The second-order valence-corrected chi connectivity index (χ2v) is 6.75. The summed E-state index contributed by atoms with van der Waals surface area (Å²) < 4.78 is 6.08. The van der Waals surface area contributed by atoms with Gasteiger partial charge in [-0.25, -0.2) is 0 Å². The van der Waals surface area contributed by atoms with Gasteiger partial charge in [0.1, 0.15) is 12.4 Å². The number of carbonyl (C=O) groups excluding carboxylic acids is 1. The number of nitrogens with zero attached hydrogens (tertiary/aromatic N) is 1. The zero-order valence-electron chi connectivity index (χ0n) is 17.0. The predicted molar refractivity (Wildman–Crippen MR) is 120 cm³/mol. The lowest BCUT2D eigenvalue weighted by molar-refractivity contribution is 0.0773. The highest BCUT2D eigenvalue weighted by Crippen LogP contribution is 2.25. The minimum atomic E-state index is 0.0407. The van der Waals surface area contributed by atoms with Gasteiger partial charge in [-0.3, -0.25) is 4.79 Å². The fourth-order valence-corrected chi connectivity index (χ4v) is 3.12. The molecule has 0 saturated carbocycles. The van der Waals surface area contributed by atoms with Crippen LogP contribution in [0.1, 0.15) is 40.9 Å². The van der Waals surface area contributed by atoms with Crippen LogP contribution >= 0.6 is 0 Å². The molecule has 0 radical (unpaired) electrons. The third-order valence-electron chi connectivity index (χ3n) is 4.80. The molecule has 3 aromatic rings. The number of hydrogen-bond donors (Lipinski definition) is 0. The number of amides is 1. The lowest BCUT2D eigenvalue weighted by Gasteiger charge is -2.19. The summed E-state index contributed by atoms with van der Waals surface area (Å²) in [4.78, 5) is 14.6. The zero-order chi connectivity index (χ0) is 20.5. The topological polar surface area (TPSA) is 29.5 Å². The molecule has 0 aliphatic rings. The van der Waals surface area contributed by atoms with Crippen molar-refractivity contribution in [3.63, 3.8) is 0 Å². The van der Waals surface area contributed by atoms with Gasteiger partial charge in [-0.15, -0.1) is 0 Å². The minimum absolute atomic E-state index is 0.0407. The molecule has 0 unspecified atom stereocenters. The first-order valence-corrected chi connectivity index (χ1v) is 10.0. The molecule has 0 bridgehead atoms. The average Bonchev–Trinajstić information content (AvgIpc) is 2.78. The van der Waals surface area contributed by atoms with Crippen LogP contribution in [0.3, 0.4) is 0 Å². The molecular formula is C26H27NO2. The van der Waals surface area contributed by atoms with Crippen molar-refractivity contribution in [3.05, 3.63) is 101 Å². The van der Waals surface area contributed by atoms with E-state index in [4.69, 9.17) is 4.74 Å². The van der Waals surface area contributed by atoms with Crippen molar-refractivity contribution in [3.8, 4) is 5.75 Å². The lowest BCUT2D eigenvalue weighted by Crippen LogP contribution is -2.30. The van der Waals surface area contributed by atoms with Crippen LogP contribution in [0.4, 0.5) is 0 Å². The van der Waals surface area contributed by atoms with E-state index in [2.05, 4.69) is 0 Å². The molecule has 0 fully saturated rings. The van der Waals surface area contributed by atoms with Crippen molar-refractivity contribution in [2.75, 3.05) is 13.1 Å². The Morgan fingerprint density at radius 2 is 1.52 bits per heavy atom. The summed E-state index contributed by atoms with van der Waals surface area (Å²) in [5, 5.41) is 0. The van der Waals surface area contributed by atoms with Gasteiger partial charge in [-0.1, -0.05) is 72.8 Å². The van der Waals surface area contributed by atoms with E-state index in [0.29, 0.717) is 25.3 Å². The van der Waals surface area contributed by atoms with Gasteiger partial charge in [0.2, 0.25) is 0 Å². The molecular weight excluding hydrogens is 358 g/mol. The van der Waals surface area contributed by atoms with Crippen molar-refractivity contribution in [2.24, 2.45) is 0 Å². The van der Waals surface area contributed by atoms with E-state index in [0.717, 1.165) is 22.4 Å². The monoisotopic (exact) mass is 385 g/mol. The molecule has 1 amide bonds. The van der Waals surface area contributed by atoms with Gasteiger partial charge in [0.15, 0.2) is 0 Å². The predicted octanol–water partition coefficient (Wildman–Crippen LogP) is 5.92. The maximum atomic E-state index is 12.8. The summed E-state index contributed by atoms with van der Waals surface area (Å²) >= 11 is 0. The number of benzene rings is 3. The molecule has 0 saturated heterocycles. The SMILES string of the molecule is CCN(CC)C(=O)c1ccc(OCc2ccccc2)c(C=Cc2ccccc2)c1. The van der Waals surface area contributed by atoms with Crippen molar-refractivity contribution >= 4 is 18.1 Å². The van der Waals surface area contributed by atoms with Crippen LogP contribution in [0, 0.1) is 0 Å². The van der Waals surface area contributed by atoms with Crippen molar-refractivity contribution in [1.82, 2.24) is 4.90 Å². The second-order valence-electron chi connectivity index (χ2n) is 6.75. The normalized spacial score (nSPS) is 10.8. The summed E-state index contributed by atoms with van der Waals surface area (Å²) in [6, 6.07) is 25.8. The minimum Gasteiger partial charge on any atom is -0.488 e. The Labute approximate surface area is 173 Å². The zero-order valence-corrected chi connectivity index (χ0v) is 17.0. The maximum absolute atomic E-state index is 12.8. The molecule has 148 valence electrons. The summed E-state index contributed by atoms with van der Waals surface area (Å²) in [6.07, 6.45) is 4.05. The van der Waals surface area contributed by atoms with E-state index < -0.39 is 0 Å². The first-order valence-electron chi connectivity index (χ1n) is 10.0. The molecule has 0 aliphatic carbocycles. The largest absolute Gasteiger partial charge is 0.488 e. The number of rotatable bonds is 8. The Hall–Kier alpha value is -3.33. The van der Waals surface area contributed by atoms with Gasteiger partial charge in [-0.05, 0) is 43.2 Å². The molecule has 3 heteroatoms. The Bertz CT molecular complexity index is 945. The average molecular weight is 386 g/mol. The summed E-state index contributed by atoms with van der Waals surface area (Å²) in [5.74, 6) is 0.802. The molecule has 0 aromatic heterocycles. The summed E-state index contributed by atoms with van der Waals surface area (Å²) in [7, 11) is 0. The van der Waals surface area contributed by atoms with Crippen LogP contribution in [0.5, 0.6) is 5.75 Å². The highest BCUT2D eigenvalue weighted by Gasteiger charge is 2.14. The number of carbonyl (C=O) groups is 1. The van der Waals surface area contributed by atoms with Gasteiger partial charge < -0.3 is 9.64 Å². The fraction of sp³-hybridized carbons (Fsp3) is 0.192.